The van der Waals surface area contributed by atoms with Gasteiger partial charge in [0.2, 0.25) is 0 Å². The van der Waals surface area contributed by atoms with E-state index in [2.05, 4.69) is 0 Å². The summed E-state index contributed by atoms with van der Waals surface area (Å²) in [5, 5.41) is 18.4. The van der Waals surface area contributed by atoms with E-state index >= 15 is 0 Å². The second-order valence-electron chi connectivity index (χ2n) is 3.75. The summed E-state index contributed by atoms with van der Waals surface area (Å²) in [5.41, 5.74) is -0.538. The molecule has 1 rings (SSSR count). The van der Waals surface area contributed by atoms with Gasteiger partial charge in [0.25, 0.3) is 0 Å². The first-order chi connectivity index (χ1) is 7.52. The van der Waals surface area contributed by atoms with Crippen molar-refractivity contribution < 1.29 is 14.6 Å². The molecule has 0 spiro atoms. The maximum atomic E-state index is 9.63. The van der Waals surface area contributed by atoms with Crippen LogP contribution in [-0.4, -0.2) is 24.9 Å². The first kappa shape index (κ1) is 12.3. The van der Waals surface area contributed by atoms with Crippen molar-refractivity contribution in [1.82, 2.24) is 0 Å². The van der Waals surface area contributed by atoms with E-state index in [1.165, 1.54) is 6.92 Å². The van der Waals surface area contributed by atoms with Crippen LogP contribution in [0, 0.1) is 11.3 Å². The van der Waals surface area contributed by atoms with Crippen LogP contribution in [0.1, 0.15) is 12.5 Å². The molecule has 4 nitrogen and oxygen atoms in total. The van der Waals surface area contributed by atoms with Crippen molar-refractivity contribution in [3.8, 4) is 17.6 Å². The number of hydrogen-bond donors (Lipinski definition) is 1. The lowest BCUT2D eigenvalue weighted by Crippen LogP contribution is -2.24. The van der Waals surface area contributed by atoms with Crippen molar-refractivity contribution in [3.05, 3.63) is 23.8 Å². The number of nitriles is 1. The molecule has 1 atom stereocenters. The average molecular weight is 221 g/mol. The molecule has 1 aromatic carbocycles. The van der Waals surface area contributed by atoms with Gasteiger partial charge in [0.1, 0.15) is 0 Å². The Kier molecular flexibility index (Phi) is 3.75. The van der Waals surface area contributed by atoms with Crippen LogP contribution in [0.4, 0.5) is 0 Å². The van der Waals surface area contributed by atoms with E-state index in [1.54, 1.807) is 32.4 Å². The Bertz CT molecular complexity index is 407. The van der Waals surface area contributed by atoms with Gasteiger partial charge < -0.3 is 14.6 Å². The molecule has 1 N–H and O–H groups in total. The predicted octanol–water partition coefficient (Wildman–Crippen LogP) is 1.52. The lowest BCUT2D eigenvalue weighted by atomic mass is 9.98. The van der Waals surface area contributed by atoms with Crippen molar-refractivity contribution in [2.75, 3.05) is 14.2 Å². The zero-order chi connectivity index (χ0) is 12.2. The summed E-state index contributed by atoms with van der Waals surface area (Å²) in [5.74, 6) is 1.22. The van der Waals surface area contributed by atoms with Crippen LogP contribution in [0.15, 0.2) is 18.2 Å². The largest absolute Gasteiger partial charge is 0.493 e. The van der Waals surface area contributed by atoms with Gasteiger partial charge in [0, 0.05) is 6.42 Å². The molecule has 0 radical (unpaired) electrons. The van der Waals surface area contributed by atoms with E-state index in [9.17, 15) is 5.11 Å². The lowest BCUT2D eigenvalue weighted by molar-refractivity contribution is 0.120. The van der Waals surface area contributed by atoms with Crippen molar-refractivity contribution in [1.29, 1.82) is 5.26 Å². The van der Waals surface area contributed by atoms with Gasteiger partial charge in [0.05, 0.1) is 20.3 Å². The van der Waals surface area contributed by atoms with Crippen molar-refractivity contribution >= 4 is 0 Å². The minimum absolute atomic E-state index is 0.254. The van der Waals surface area contributed by atoms with Crippen LogP contribution in [0.2, 0.25) is 0 Å². The highest BCUT2D eigenvalue weighted by Crippen LogP contribution is 2.28. The summed E-state index contributed by atoms with van der Waals surface area (Å²) < 4.78 is 10.2. The van der Waals surface area contributed by atoms with E-state index in [-0.39, 0.29) is 6.42 Å². The third kappa shape index (κ3) is 2.88. The molecular formula is C12H15NO3. The van der Waals surface area contributed by atoms with Gasteiger partial charge in [-0.25, -0.2) is 0 Å². The van der Waals surface area contributed by atoms with Crippen molar-refractivity contribution in [2.45, 2.75) is 18.9 Å². The number of aliphatic hydroxyl groups is 1. The first-order valence-corrected chi connectivity index (χ1v) is 4.87. The number of rotatable bonds is 4. The van der Waals surface area contributed by atoms with Crippen molar-refractivity contribution in [3.63, 3.8) is 0 Å². The number of hydrogen-bond acceptors (Lipinski definition) is 4. The van der Waals surface area contributed by atoms with Gasteiger partial charge >= 0.3 is 0 Å². The highest BCUT2D eigenvalue weighted by atomic mass is 16.5. The molecule has 0 amide bonds. The summed E-state index contributed by atoms with van der Waals surface area (Å²) >= 11 is 0. The van der Waals surface area contributed by atoms with E-state index in [1.807, 2.05) is 6.07 Å². The summed E-state index contributed by atoms with van der Waals surface area (Å²) in [6, 6.07) is 7.14. The van der Waals surface area contributed by atoms with Gasteiger partial charge in [-0.15, -0.1) is 0 Å². The van der Waals surface area contributed by atoms with Gasteiger partial charge in [0.15, 0.2) is 17.1 Å². The zero-order valence-electron chi connectivity index (χ0n) is 9.65. The quantitative estimate of drug-likeness (QED) is 0.783. The SMILES string of the molecule is COc1ccc(CC(C)(O)C#N)cc1OC. The molecule has 0 aliphatic heterocycles. The molecule has 0 aliphatic rings. The number of nitrogens with zero attached hydrogens (tertiary/aromatic N) is 1. The molecule has 0 aromatic heterocycles. The lowest BCUT2D eigenvalue weighted by Gasteiger charge is -2.15. The summed E-state index contributed by atoms with van der Waals surface area (Å²) in [7, 11) is 3.10. The first-order valence-electron chi connectivity index (χ1n) is 4.87. The molecule has 0 bridgehead atoms. The molecule has 0 saturated carbocycles. The fraction of sp³-hybridized carbons (Fsp3) is 0.417. The maximum absolute atomic E-state index is 9.63. The Morgan fingerprint density at radius 1 is 1.31 bits per heavy atom. The van der Waals surface area contributed by atoms with Crippen LogP contribution in [0.5, 0.6) is 11.5 Å². The fourth-order valence-corrected chi connectivity index (χ4v) is 1.43. The normalized spacial score (nSPS) is 13.7. The Morgan fingerprint density at radius 2 is 1.94 bits per heavy atom. The van der Waals surface area contributed by atoms with E-state index in [0.29, 0.717) is 11.5 Å². The van der Waals surface area contributed by atoms with Crippen LogP contribution in [0.25, 0.3) is 0 Å². The van der Waals surface area contributed by atoms with Crippen LogP contribution in [0.3, 0.4) is 0 Å². The maximum Gasteiger partial charge on any atom is 0.160 e. The standard InChI is InChI=1S/C12H15NO3/c1-12(14,8-13)7-9-4-5-10(15-2)11(6-9)16-3/h4-6,14H,7H2,1-3H3. The summed E-state index contributed by atoms with van der Waals surface area (Å²) in [4.78, 5) is 0. The molecule has 0 fully saturated rings. The minimum atomic E-state index is -1.36. The molecule has 0 aliphatic carbocycles. The molecular weight excluding hydrogens is 206 g/mol. The highest BCUT2D eigenvalue weighted by Gasteiger charge is 2.20. The minimum Gasteiger partial charge on any atom is -0.493 e. The molecule has 0 heterocycles. The average Bonchev–Trinajstić information content (AvgIpc) is 2.28. The monoisotopic (exact) mass is 221 g/mol. The Hall–Kier alpha value is -1.73. The van der Waals surface area contributed by atoms with Gasteiger partial charge in [-0.05, 0) is 24.6 Å². The summed E-state index contributed by atoms with van der Waals surface area (Å²) in [6.45, 7) is 1.48. The van der Waals surface area contributed by atoms with E-state index in [4.69, 9.17) is 14.7 Å². The third-order valence-electron chi connectivity index (χ3n) is 2.24. The molecule has 4 heteroatoms. The smallest absolute Gasteiger partial charge is 0.160 e. The molecule has 0 saturated heterocycles. The van der Waals surface area contributed by atoms with Gasteiger partial charge in [-0.1, -0.05) is 6.07 Å². The second kappa shape index (κ2) is 4.86. The van der Waals surface area contributed by atoms with Crippen LogP contribution < -0.4 is 9.47 Å². The van der Waals surface area contributed by atoms with Crippen LogP contribution >= 0.6 is 0 Å². The van der Waals surface area contributed by atoms with Gasteiger partial charge in [-0.2, -0.15) is 5.26 Å². The van der Waals surface area contributed by atoms with E-state index in [0.717, 1.165) is 5.56 Å². The fourth-order valence-electron chi connectivity index (χ4n) is 1.43. The Balaban J connectivity index is 2.97. The molecule has 1 unspecified atom stereocenters. The topological polar surface area (TPSA) is 62.5 Å². The zero-order valence-corrected chi connectivity index (χ0v) is 9.65. The third-order valence-corrected chi connectivity index (χ3v) is 2.24. The second-order valence-corrected chi connectivity index (χ2v) is 3.75. The Labute approximate surface area is 95.0 Å². The van der Waals surface area contributed by atoms with E-state index < -0.39 is 5.60 Å². The van der Waals surface area contributed by atoms with Crippen LogP contribution in [-0.2, 0) is 6.42 Å². The molecule has 1 aromatic rings. The number of benzene rings is 1. The summed E-state index contributed by atoms with van der Waals surface area (Å²) in [6.07, 6.45) is 0.254. The highest BCUT2D eigenvalue weighted by molar-refractivity contribution is 5.43. The number of methoxy groups -OCH3 is 2. The van der Waals surface area contributed by atoms with Gasteiger partial charge in [-0.3, -0.25) is 0 Å². The number of ether oxygens (including phenoxy) is 2. The molecule has 16 heavy (non-hydrogen) atoms. The Morgan fingerprint density at radius 3 is 2.44 bits per heavy atom. The van der Waals surface area contributed by atoms with Crippen molar-refractivity contribution in [2.24, 2.45) is 0 Å². The molecule has 86 valence electrons. The predicted molar refractivity (Wildman–Crippen MR) is 59.5 cm³/mol.